The standard InChI is InChI=1S/C22H28N2O4S/c25-19(11-28-20(26)17-12-29-18-4-2-1-3-16(17)18)23-21(27)24-22-8-13-5-14(9-22)7-15(6-13)10-22/h12-15H,1-11H2,(H2,23,24,25,27). The Morgan fingerprint density at radius 1 is 1.03 bits per heavy atom. The van der Waals surface area contributed by atoms with Crippen LogP contribution in [0.1, 0.15) is 72.2 Å². The van der Waals surface area contributed by atoms with Gasteiger partial charge in [-0.3, -0.25) is 10.1 Å². The first-order valence-corrected chi connectivity index (χ1v) is 11.8. The highest BCUT2D eigenvalue weighted by Crippen LogP contribution is 2.55. The number of fused-ring (bicyclic) bond motifs is 1. The van der Waals surface area contributed by atoms with Crippen molar-refractivity contribution >= 4 is 29.2 Å². The van der Waals surface area contributed by atoms with E-state index in [9.17, 15) is 14.4 Å². The summed E-state index contributed by atoms with van der Waals surface area (Å²) in [6, 6.07) is -0.457. The number of carbonyl (C=O) groups is 3. The Labute approximate surface area is 174 Å². The zero-order valence-corrected chi connectivity index (χ0v) is 17.4. The third-order valence-electron chi connectivity index (χ3n) is 7.29. The van der Waals surface area contributed by atoms with Crippen molar-refractivity contribution in [3.8, 4) is 0 Å². The molecular formula is C22H28N2O4S. The molecule has 4 fully saturated rings. The number of esters is 1. The molecule has 29 heavy (non-hydrogen) atoms. The van der Waals surface area contributed by atoms with Gasteiger partial charge in [0.1, 0.15) is 0 Å². The first-order chi connectivity index (χ1) is 14.0. The second-order valence-electron chi connectivity index (χ2n) is 9.53. The molecule has 156 valence electrons. The second kappa shape index (κ2) is 7.42. The van der Waals surface area contributed by atoms with Crippen LogP contribution in [0.3, 0.4) is 0 Å². The lowest BCUT2D eigenvalue weighted by molar-refractivity contribution is -0.123. The van der Waals surface area contributed by atoms with Gasteiger partial charge in [-0.25, -0.2) is 9.59 Å². The molecule has 0 radical (unpaired) electrons. The number of ether oxygens (including phenoxy) is 1. The first kappa shape index (κ1) is 19.1. The van der Waals surface area contributed by atoms with E-state index in [0.29, 0.717) is 5.56 Å². The Morgan fingerprint density at radius 3 is 2.38 bits per heavy atom. The van der Waals surface area contributed by atoms with Gasteiger partial charge in [0.2, 0.25) is 0 Å². The molecule has 0 atom stereocenters. The van der Waals surface area contributed by atoms with Crippen LogP contribution in [-0.2, 0) is 22.4 Å². The number of imide groups is 1. The summed E-state index contributed by atoms with van der Waals surface area (Å²) >= 11 is 1.59. The highest BCUT2D eigenvalue weighted by atomic mass is 32.1. The van der Waals surface area contributed by atoms with Crippen LogP contribution in [0.25, 0.3) is 0 Å². The smallest absolute Gasteiger partial charge is 0.339 e. The Kier molecular flexibility index (Phi) is 4.88. The Bertz CT molecular complexity index is 811. The number of nitrogens with one attached hydrogen (secondary N) is 2. The lowest BCUT2D eigenvalue weighted by atomic mass is 9.53. The van der Waals surface area contributed by atoms with Crippen LogP contribution in [0.2, 0.25) is 0 Å². The van der Waals surface area contributed by atoms with Crippen molar-refractivity contribution < 1.29 is 19.1 Å². The van der Waals surface area contributed by atoms with Crippen molar-refractivity contribution in [1.29, 1.82) is 0 Å². The van der Waals surface area contributed by atoms with Crippen LogP contribution in [0.5, 0.6) is 0 Å². The lowest BCUT2D eigenvalue weighted by Crippen LogP contribution is -2.62. The summed E-state index contributed by atoms with van der Waals surface area (Å²) in [4.78, 5) is 38.2. The lowest BCUT2D eigenvalue weighted by Gasteiger charge is -2.56. The summed E-state index contributed by atoms with van der Waals surface area (Å²) in [6.07, 6.45) is 11.1. The summed E-state index contributed by atoms with van der Waals surface area (Å²) in [6.45, 7) is -0.433. The minimum absolute atomic E-state index is 0.147. The van der Waals surface area contributed by atoms with Crippen molar-refractivity contribution in [1.82, 2.24) is 10.6 Å². The molecule has 1 heterocycles. The fourth-order valence-corrected chi connectivity index (χ4v) is 7.69. The van der Waals surface area contributed by atoms with Crippen molar-refractivity contribution in [3.05, 3.63) is 21.4 Å². The van der Waals surface area contributed by atoms with Gasteiger partial charge in [-0.2, -0.15) is 0 Å². The largest absolute Gasteiger partial charge is 0.452 e. The predicted octanol–water partition coefficient (Wildman–Crippen LogP) is 3.58. The fourth-order valence-electron chi connectivity index (χ4n) is 6.57. The Balaban J connectivity index is 1.12. The third-order valence-corrected chi connectivity index (χ3v) is 8.37. The quantitative estimate of drug-likeness (QED) is 0.735. The molecule has 1 aromatic heterocycles. The summed E-state index contributed by atoms with van der Waals surface area (Å²) in [7, 11) is 0. The van der Waals surface area contributed by atoms with E-state index < -0.39 is 24.5 Å². The molecule has 6 nitrogen and oxygen atoms in total. The summed E-state index contributed by atoms with van der Waals surface area (Å²) in [5, 5.41) is 7.29. The number of hydrogen-bond acceptors (Lipinski definition) is 5. The van der Waals surface area contributed by atoms with Crippen LogP contribution >= 0.6 is 11.3 Å². The average molecular weight is 417 g/mol. The van der Waals surface area contributed by atoms with Crippen LogP contribution in [0.4, 0.5) is 4.79 Å². The molecule has 7 heteroatoms. The maximum absolute atomic E-state index is 12.4. The van der Waals surface area contributed by atoms with Crippen LogP contribution in [0.15, 0.2) is 5.38 Å². The number of hydrogen-bond donors (Lipinski definition) is 2. The van der Waals surface area contributed by atoms with Gasteiger partial charge < -0.3 is 10.1 Å². The van der Waals surface area contributed by atoms with Gasteiger partial charge in [0.05, 0.1) is 5.56 Å². The van der Waals surface area contributed by atoms with E-state index in [0.717, 1.165) is 68.3 Å². The van der Waals surface area contributed by atoms with Gasteiger partial charge in [-0.1, -0.05) is 0 Å². The van der Waals surface area contributed by atoms with Gasteiger partial charge in [0, 0.05) is 15.8 Å². The number of urea groups is 1. The van der Waals surface area contributed by atoms with E-state index in [1.165, 1.54) is 24.1 Å². The molecule has 0 saturated heterocycles. The Hall–Kier alpha value is -1.89. The number of aryl methyl sites for hydroxylation is 1. The number of carbonyl (C=O) groups excluding carboxylic acids is 3. The van der Waals surface area contributed by atoms with E-state index >= 15 is 0 Å². The molecule has 0 aliphatic heterocycles. The number of rotatable bonds is 4. The highest BCUT2D eigenvalue weighted by Gasteiger charge is 2.51. The van der Waals surface area contributed by atoms with Gasteiger partial charge in [0.15, 0.2) is 6.61 Å². The highest BCUT2D eigenvalue weighted by molar-refractivity contribution is 7.10. The third kappa shape index (κ3) is 3.81. The maximum atomic E-state index is 12.4. The van der Waals surface area contributed by atoms with Gasteiger partial charge in [-0.15, -0.1) is 11.3 Å². The van der Waals surface area contributed by atoms with Crippen molar-refractivity contribution in [3.63, 3.8) is 0 Å². The molecule has 6 rings (SSSR count). The van der Waals surface area contributed by atoms with Crippen molar-refractivity contribution in [2.45, 2.75) is 69.7 Å². The normalized spacial score (nSPS) is 31.8. The van der Waals surface area contributed by atoms with Crippen LogP contribution in [0, 0.1) is 17.8 Å². The predicted molar refractivity (Wildman–Crippen MR) is 109 cm³/mol. The number of amides is 3. The number of thiophene rings is 1. The van der Waals surface area contributed by atoms with Gasteiger partial charge in [-0.05, 0) is 87.5 Å². The summed E-state index contributed by atoms with van der Waals surface area (Å²) < 4.78 is 5.18. The molecule has 2 N–H and O–H groups in total. The Morgan fingerprint density at radius 2 is 1.69 bits per heavy atom. The molecule has 4 saturated carbocycles. The molecule has 0 unspecified atom stereocenters. The maximum Gasteiger partial charge on any atom is 0.339 e. The molecule has 3 amide bonds. The molecule has 5 aliphatic rings. The zero-order valence-electron chi connectivity index (χ0n) is 16.6. The minimum atomic E-state index is -0.579. The molecule has 0 aromatic carbocycles. The molecular weight excluding hydrogens is 388 g/mol. The monoisotopic (exact) mass is 416 g/mol. The van der Waals surface area contributed by atoms with E-state index in [-0.39, 0.29) is 5.54 Å². The van der Waals surface area contributed by atoms with Gasteiger partial charge >= 0.3 is 12.0 Å². The van der Waals surface area contributed by atoms with E-state index in [1.54, 1.807) is 11.3 Å². The fraction of sp³-hybridized carbons (Fsp3) is 0.682. The van der Waals surface area contributed by atoms with Crippen LogP contribution < -0.4 is 10.6 Å². The zero-order chi connectivity index (χ0) is 20.0. The first-order valence-electron chi connectivity index (χ1n) is 10.9. The van der Waals surface area contributed by atoms with Crippen molar-refractivity contribution in [2.24, 2.45) is 17.8 Å². The van der Waals surface area contributed by atoms with Crippen molar-refractivity contribution in [2.75, 3.05) is 6.61 Å². The second-order valence-corrected chi connectivity index (χ2v) is 10.5. The molecule has 1 aromatic rings. The SMILES string of the molecule is O=C(COC(=O)c1csc2c1CCCC2)NC(=O)NC12CC3CC(CC(C3)C1)C2. The van der Waals surface area contributed by atoms with E-state index in [1.807, 2.05) is 5.38 Å². The van der Waals surface area contributed by atoms with E-state index in [4.69, 9.17) is 4.74 Å². The average Bonchev–Trinajstić information content (AvgIpc) is 3.08. The molecule has 5 aliphatic carbocycles. The molecule has 0 spiro atoms. The summed E-state index contributed by atoms with van der Waals surface area (Å²) in [5.41, 5.74) is 1.51. The molecule has 4 bridgehead atoms. The minimum Gasteiger partial charge on any atom is -0.452 e. The summed E-state index contributed by atoms with van der Waals surface area (Å²) in [5.74, 6) is 1.10. The topological polar surface area (TPSA) is 84.5 Å². The van der Waals surface area contributed by atoms with E-state index in [2.05, 4.69) is 10.6 Å². The van der Waals surface area contributed by atoms with Crippen LogP contribution in [-0.4, -0.2) is 30.1 Å². The van der Waals surface area contributed by atoms with Gasteiger partial charge in [0.25, 0.3) is 5.91 Å².